The van der Waals surface area contributed by atoms with Crippen molar-refractivity contribution < 1.29 is 23.5 Å². The fourth-order valence-electron chi connectivity index (χ4n) is 4.34. The second-order valence-corrected chi connectivity index (χ2v) is 15.2. The van der Waals surface area contributed by atoms with Crippen molar-refractivity contribution in [2.24, 2.45) is 0 Å². The molecule has 0 radical (unpaired) electrons. The highest BCUT2D eigenvalue weighted by molar-refractivity contribution is 6.99. The van der Waals surface area contributed by atoms with Crippen LogP contribution in [0.15, 0.2) is 73.3 Å². The molecule has 2 rings (SSSR count). The summed E-state index contributed by atoms with van der Waals surface area (Å²) in [6.45, 7) is 16.0. The van der Waals surface area contributed by atoms with Gasteiger partial charge in [0.05, 0.1) is 19.6 Å². The number of carbonyl (C=O) groups excluding carboxylic acids is 2. The SMILES string of the molecule is C=C[C@H](C[C@H](CC(=O)OC)NC(=O)OC(C)(C)C)O[Si](c1ccccc1)(c1ccccc1)C(C)(C)C. The van der Waals surface area contributed by atoms with Gasteiger partial charge in [-0.3, -0.25) is 4.79 Å². The Labute approximate surface area is 217 Å². The summed E-state index contributed by atoms with van der Waals surface area (Å²) < 4.78 is 17.4. The Morgan fingerprint density at radius 1 is 0.944 bits per heavy atom. The zero-order valence-electron chi connectivity index (χ0n) is 22.7. The Bertz CT molecular complexity index is 956. The van der Waals surface area contributed by atoms with Crippen LogP contribution in [0.4, 0.5) is 4.79 Å². The molecule has 196 valence electrons. The third kappa shape index (κ3) is 7.80. The molecule has 0 spiro atoms. The predicted molar refractivity (Wildman–Crippen MR) is 147 cm³/mol. The van der Waals surface area contributed by atoms with E-state index in [-0.39, 0.29) is 11.5 Å². The number of methoxy groups -OCH3 is 1. The van der Waals surface area contributed by atoms with Gasteiger partial charge < -0.3 is 19.2 Å². The van der Waals surface area contributed by atoms with Crippen molar-refractivity contribution in [3.05, 3.63) is 73.3 Å². The molecular weight excluding hydrogens is 470 g/mol. The molecular formula is C29H41NO5Si. The summed E-state index contributed by atoms with van der Waals surface area (Å²) in [7, 11) is -1.53. The number of rotatable bonds is 10. The van der Waals surface area contributed by atoms with Crippen LogP contribution in [-0.4, -0.2) is 45.2 Å². The maximum atomic E-state index is 12.6. The molecule has 0 unspecified atom stereocenters. The van der Waals surface area contributed by atoms with Gasteiger partial charge in [-0.05, 0) is 42.6 Å². The summed E-state index contributed by atoms with van der Waals surface area (Å²) in [5, 5.41) is 4.88. The molecule has 6 nitrogen and oxygen atoms in total. The average Bonchev–Trinajstić information content (AvgIpc) is 2.80. The van der Waals surface area contributed by atoms with Crippen LogP contribution >= 0.6 is 0 Å². The zero-order chi connectivity index (χ0) is 27.0. The number of hydrogen-bond acceptors (Lipinski definition) is 5. The van der Waals surface area contributed by atoms with Crippen molar-refractivity contribution in [3.8, 4) is 0 Å². The first kappa shape index (κ1) is 29.3. The van der Waals surface area contributed by atoms with Crippen molar-refractivity contribution >= 4 is 30.8 Å². The van der Waals surface area contributed by atoms with Crippen LogP contribution in [-0.2, 0) is 18.7 Å². The van der Waals surface area contributed by atoms with Crippen molar-refractivity contribution in [3.63, 3.8) is 0 Å². The third-order valence-electron chi connectivity index (χ3n) is 5.89. The summed E-state index contributed by atoms with van der Waals surface area (Å²) in [6, 6.07) is 20.0. The minimum Gasteiger partial charge on any atom is -0.469 e. The van der Waals surface area contributed by atoms with Gasteiger partial charge in [0, 0.05) is 6.04 Å². The number of carbonyl (C=O) groups is 2. The predicted octanol–water partition coefficient (Wildman–Crippen LogP) is 4.96. The molecule has 36 heavy (non-hydrogen) atoms. The number of ether oxygens (including phenoxy) is 2. The van der Waals surface area contributed by atoms with E-state index in [1.165, 1.54) is 7.11 Å². The van der Waals surface area contributed by atoms with E-state index in [4.69, 9.17) is 13.9 Å². The second-order valence-electron chi connectivity index (χ2n) is 10.9. The summed E-state index contributed by atoms with van der Waals surface area (Å²) in [6.07, 6.45) is 1.04. The van der Waals surface area contributed by atoms with Gasteiger partial charge in [-0.25, -0.2) is 4.79 Å². The molecule has 0 saturated carbocycles. The minimum atomic E-state index is -2.86. The fourth-order valence-corrected chi connectivity index (χ4v) is 9.00. The van der Waals surface area contributed by atoms with Crippen LogP contribution in [0.5, 0.6) is 0 Å². The number of alkyl carbamates (subject to hydrolysis) is 1. The third-order valence-corrected chi connectivity index (χ3v) is 10.9. The highest BCUT2D eigenvalue weighted by atomic mass is 28.4. The quantitative estimate of drug-likeness (QED) is 0.277. The first-order valence-electron chi connectivity index (χ1n) is 12.3. The van der Waals surface area contributed by atoms with Crippen molar-refractivity contribution in [2.45, 2.75) is 77.2 Å². The molecule has 0 saturated heterocycles. The molecule has 2 aromatic rings. The van der Waals surface area contributed by atoms with Crippen LogP contribution in [0.3, 0.4) is 0 Å². The Hall–Kier alpha value is -2.90. The molecule has 0 aliphatic rings. The van der Waals surface area contributed by atoms with Crippen LogP contribution in [0.25, 0.3) is 0 Å². The van der Waals surface area contributed by atoms with E-state index in [1.807, 2.05) is 36.4 Å². The number of esters is 1. The first-order chi connectivity index (χ1) is 16.8. The molecule has 2 aromatic carbocycles. The van der Waals surface area contributed by atoms with Gasteiger partial charge in [-0.1, -0.05) is 87.5 Å². The van der Waals surface area contributed by atoms with E-state index >= 15 is 0 Å². The van der Waals surface area contributed by atoms with Gasteiger partial charge in [0.25, 0.3) is 8.32 Å². The molecule has 0 heterocycles. The largest absolute Gasteiger partial charge is 0.469 e. The smallest absolute Gasteiger partial charge is 0.407 e. The summed E-state index contributed by atoms with van der Waals surface area (Å²) in [5.41, 5.74) is -0.664. The van der Waals surface area contributed by atoms with Gasteiger partial charge in [-0.15, -0.1) is 6.58 Å². The van der Waals surface area contributed by atoms with Gasteiger partial charge in [0.15, 0.2) is 0 Å². The summed E-state index contributed by atoms with van der Waals surface area (Å²) in [5.74, 6) is -0.427. The molecule has 2 atom stereocenters. The number of hydrogen-bond donors (Lipinski definition) is 1. The van der Waals surface area contributed by atoms with Gasteiger partial charge in [-0.2, -0.15) is 0 Å². The lowest BCUT2D eigenvalue weighted by molar-refractivity contribution is -0.141. The molecule has 0 aliphatic heterocycles. The van der Waals surface area contributed by atoms with Gasteiger partial charge in [0.2, 0.25) is 0 Å². The molecule has 0 aliphatic carbocycles. The maximum absolute atomic E-state index is 12.6. The Morgan fingerprint density at radius 3 is 1.83 bits per heavy atom. The zero-order valence-corrected chi connectivity index (χ0v) is 23.7. The summed E-state index contributed by atoms with van der Waals surface area (Å²) in [4.78, 5) is 24.7. The van der Waals surface area contributed by atoms with E-state index in [0.29, 0.717) is 6.42 Å². The lowest BCUT2D eigenvalue weighted by atomic mass is 10.1. The van der Waals surface area contributed by atoms with E-state index in [0.717, 1.165) is 10.4 Å². The van der Waals surface area contributed by atoms with E-state index in [1.54, 1.807) is 26.8 Å². The molecule has 0 bridgehead atoms. The monoisotopic (exact) mass is 511 g/mol. The minimum absolute atomic E-state index is 0.00973. The van der Waals surface area contributed by atoms with Crippen LogP contribution in [0.2, 0.25) is 5.04 Å². The number of benzene rings is 2. The van der Waals surface area contributed by atoms with E-state index in [2.05, 4.69) is 56.9 Å². The van der Waals surface area contributed by atoms with Crippen LogP contribution in [0.1, 0.15) is 54.4 Å². The second kappa shape index (κ2) is 12.4. The maximum Gasteiger partial charge on any atom is 0.407 e. The Kier molecular flexibility index (Phi) is 10.1. The highest BCUT2D eigenvalue weighted by Gasteiger charge is 2.51. The Balaban J connectivity index is 2.48. The standard InChI is InChI=1S/C29H41NO5Si/c1-9-23(20-22(21-26(31)33-8)30-27(32)34-28(2,3)4)35-36(29(5,6)7,24-16-12-10-13-17-24)25-18-14-11-15-19-25/h9-19,22-23H,1,20-21H2,2-8H3,(H,30,32)/t22-,23-/m1/s1. The highest BCUT2D eigenvalue weighted by Crippen LogP contribution is 2.38. The summed E-state index contributed by atoms with van der Waals surface area (Å²) >= 11 is 0. The first-order valence-corrected chi connectivity index (χ1v) is 14.2. The van der Waals surface area contributed by atoms with E-state index < -0.39 is 38.1 Å². The number of nitrogens with one attached hydrogen (secondary N) is 1. The lowest BCUT2D eigenvalue weighted by Gasteiger charge is -2.45. The molecule has 1 N–H and O–H groups in total. The fraction of sp³-hybridized carbons (Fsp3) is 0.448. The number of amides is 1. The van der Waals surface area contributed by atoms with Crippen LogP contribution in [0, 0.1) is 0 Å². The van der Waals surface area contributed by atoms with Gasteiger partial charge >= 0.3 is 12.1 Å². The van der Waals surface area contributed by atoms with Crippen LogP contribution < -0.4 is 15.7 Å². The lowest BCUT2D eigenvalue weighted by Crippen LogP contribution is -2.67. The van der Waals surface area contributed by atoms with Gasteiger partial charge in [0.1, 0.15) is 5.60 Å². The molecule has 0 fully saturated rings. The molecule has 0 aromatic heterocycles. The normalized spacial score (nSPS) is 13.9. The van der Waals surface area contributed by atoms with E-state index in [9.17, 15) is 9.59 Å². The van der Waals surface area contributed by atoms with Crippen molar-refractivity contribution in [1.82, 2.24) is 5.32 Å². The Morgan fingerprint density at radius 2 is 1.44 bits per heavy atom. The molecule has 7 heteroatoms. The molecule has 1 amide bonds. The average molecular weight is 512 g/mol. The van der Waals surface area contributed by atoms with Crippen molar-refractivity contribution in [2.75, 3.05) is 7.11 Å². The topological polar surface area (TPSA) is 73.9 Å². The van der Waals surface area contributed by atoms with Crippen molar-refractivity contribution in [1.29, 1.82) is 0 Å².